The van der Waals surface area contributed by atoms with Crippen LogP contribution >= 0.6 is 0 Å². The van der Waals surface area contributed by atoms with Crippen molar-refractivity contribution in [3.63, 3.8) is 0 Å². The van der Waals surface area contributed by atoms with Gasteiger partial charge in [0.15, 0.2) is 0 Å². The second-order valence-electron chi connectivity index (χ2n) is 7.33. The molecule has 162 valence electrons. The Kier molecular flexibility index (Phi) is 5.52. The third-order valence-electron chi connectivity index (χ3n) is 5.27. The zero-order valence-electron chi connectivity index (χ0n) is 17.0. The number of rotatable bonds is 6. The summed E-state index contributed by atoms with van der Waals surface area (Å²) in [5.41, 5.74) is 3.47. The molecule has 0 spiro atoms. The Balaban J connectivity index is 1.74. The standard InChI is InChI=1S/C20H21BN2O7S/c1-22-20(25)17-11-29-18-7-15(3-4-16(17)18)23(31(2,27)28)8-12-5-13(9-24)19-14(6-12)10-30-21(19)26/h3-7,11,24,26H,8-10H2,1-2H3,(H,22,25). The third kappa shape index (κ3) is 3.92. The summed E-state index contributed by atoms with van der Waals surface area (Å²) in [5.74, 6) is -0.300. The Hall–Kier alpha value is -2.86. The topological polar surface area (TPSA) is 129 Å². The average molecular weight is 444 g/mol. The van der Waals surface area contributed by atoms with Gasteiger partial charge < -0.3 is 24.5 Å². The van der Waals surface area contributed by atoms with Gasteiger partial charge in [-0.25, -0.2) is 8.42 Å². The summed E-state index contributed by atoms with van der Waals surface area (Å²) in [6, 6.07) is 8.24. The number of fused-ring (bicyclic) bond motifs is 2. The highest BCUT2D eigenvalue weighted by molar-refractivity contribution is 7.92. The van der Waals surface area contributed by atoms with Crippen LogP contribution in [0.4, 0.5) is 5.69 Å². The van der Waals surface area contributed by atoms with E-state index in [-0.39, 0.29) is 25.7 Å². The minimum absolute atomic E-state index is 0.00370. The summed E-state index contributed by atoms with van der Waals surface area (Å²) >= 11 is 0. The van der Waals surface area contributed by atoms with Crippen LogP contribution in [0.5, 0.6) is 0 Å². The van der Waals surface area contributed by atoms with E-state index in [9.17, 15) is 23.3 Å². The van der Waals surface area contributed by atoms with E-state index >= 15 is 0 Å². The fraction of sp³-hybridized carbons (Fsp3) is 0.250. The molecule has 4 rings (SSSR count). The molecule has 0 saturated carbocycles. The molecule has 3 N–H and O–H groups in total. The average Bonchev–Trinajstić information content (AvgIpc) is 3.33. The number of hydrogen-bond donors (Lipinski definition) is 3. The van der Waals surface area contributed by atoms with Gasteiger partial charge >= 0.3 is 7.12 Å². The summed E-state index contributed by atoms with van der Waals surface area (Å²) in [6.45, 7) is -0.128. The first-order valence-corrected chi connectivity index (χ1v) is 11.3. The summed E-state index contributed by atoms with van der Waals surface area (Å²) in [7, 11) is -3.26. The van der Waals surface area contributed by atoms with Crippen LogP contribution in [0.2, 0.25) is 0 Å². The summed E-state index contributed by atoms with van der Waals surface area (Å²) in [6.07, 6.45) is 2.43. The van der Waals surface area contributed by atoms with Gasteiger partial charge in [-0.15, -0.1) is 0 Å². The molecule has 2 aromatic carbocycles. The van der Waals surface area contributed by atoms with Crippen LogP contribution in [0.3, 0.4) is 0 Å². The van der Waals surface area contributed by atoms with Crippen LogP contribution < -0.4 is 15.1 Å². The van der Waals surface area contributed by atoms with Crippen molar-refractivity contribution < 1.29 is 32.4 Å². The Morgan fingerprint density at radius 3 is 2.74 bits per heavy atom. The zero-order valence-corrected chi connectivity index (χ0v) is 17.8. The number of amides is 1. The Bertz CT molecular complexity index is 1270. The van der Waals surface area contributed by atoms with Crippen molar-refractivity contribution in [3.05, 3.63) is 58.8 Å². The number of aliphatic hydroxyl groups is 1. The number of hydrogen-bond acceptors (Lipinski definition) is 7. The van der Waals surface area contributed by atoms with Crippen molar-refractivity contribution in [2.75, 3.05) is 17.6 Å². The van der Waals surface area contributed by atoms with Gasteiger partial charge in [-0.05, 0) is 34.3 Å². The number of aliphatic hydroxyl groups excluding tert-OH is 1. The highest BCUT2D eigenvalue weighted by atomic mass is 32.2. The first-order chi connectivity index (χ1) is 14.7. The van der Waals surface area contributed by atoms with E-state index in [2.05, 4.69) is 5.32 Å². The molecule has 3 aromatic rings. The molecule has 1 amide bonds. The highest BCUT2D eigenvalue weighted by Gasteiger charge is 2.31. The van der Waals surface area contributed by atoms with Gasteiger partial charge in [0, 0.05) is 18.5 Å². The van der Waals surface area contributed by atoms with Crippen molar-refractivity contribution in [1.82, 2.24) is 5.32 Å². The van der Waals surface area contributed by atoms with Crippen LogP contribution in [0.1, 0.15) is 27.0 Å². The normalized spacial score (nSPS) is 13.5. The largest absolute Gasteiger partial charge is 0.492 e. The van der Waals surface area contributed by atoms with Crippen molar-refractivity contribution in [2.45, 2.75) is 19.8 Å². The van der Waals surface area contributed by atoms with Crippen LogP contribution in [-0.2, 0) is 34.4 Å². The van der Waals surface area contributed by atoms with Gasteiger partial charge in [0.2, 0.25) is 10.0 Å². The smallest absolute Gasteiger partial charge is 0.463 e. The third-order valence-corrected chi connectivity index (χ3v) is 6.41. The quantitative estimate of drug-likeness (QED) is 0.472. The molecule has 0 radical (unpaired) electrons. The monoisotopic (exact) mass is 444 g/mol. The Morgan fingerprint density at radius 2 is 2.06 bits per heavy atom. The van der Waals surface area contributed by atoms with Crippen molar-refractivity contribution in [2.24, 2.45) is 0 Å². The molecule has 0 atom stereocenters. The Labute approximate surface area is 179 Å². The number of anilines is 1. The lowest BCUT2D eigenvalue weighted by molar-refractivity contribution is 0.0964. The first-order valence-electron chi connectivity index (χ1n) is 9.49. The van der Waals surface area contributed by atoms with Crippen LogP contribution in [-0.4, -0.2) is 44.9 Å². The minimum atomic E-state index is -3.67. The van der Waals surface area contributed by atoms with Gasteiger partial charge in [-0.1, -0.05) is 12.1 Å². The molecule has 1 aliphatic heterocycles. The lowest BCUT2D eigenvalue weighted by atomic mass is 9.75. The molecule has 0 aliphatic carbocycles. The number of carbonyl (C=O) groups is 1. The summed E-state index contributed by atoms with van der Waals surface area (Å²) < 4.78 is 37.1. The van der Waals surface area contributed by atoms with Crippen LogP contribution in [0.25, 0.3) is 11.0 Å². The maximum absolute atomic E-state index is 12.6. The molecule has 0 fully saturated rings. The van der Waals surface area contributed by atoms with Crippen LogP contribution in [0, 0.1) is 0 Å². The van der Waals surface area contributed by atoms with E-state index in [4.69, 9.17) is 9.07 Å². The second kappa shape index (κ2) is 8.01. The van der Waals surface area contributed by atoms with Crippen molar-refractivity contribution in [3.8, 4) is 0 Å². The number of nitrogens with zero attached hydrogens (tertiary/aromatic N) is 1. The first kappa shape index (κ1) is 21.4. The van der Waals surface area contributed by atoms with Gasteiger partial charge in [0.1, 0.15) is 11.8 Å². The van der Waals surface area contributed by atoms with Gasteiger partial charge in [0.25, 0.3) is 5.91 Å². The zero-order chi connectivity index (χ0) is 22.3. The fourth-order valence-electron chi connectivity index (χ4n) is 3.81. The van der Waals surface area contributed by atoms with Crippen molar-refractivity contribution >= 4 is 45.2 Å². The number of furan rings is 1. The fourth-order valence-corrected chi connectivity index (χ4v) is 4.69. The van der Waals surface area contributed by atoms with E-state index in [1.165, 1.54) is 17.6 Å². The van der Waals surface area contributed by atoms with E-state index in [0.29, 0.717) is 44.4 Å². The summed E-state index contributed by atoms with van der Waals surface area (Å²) in [4.78, 5) is 12.0. The van der Waals surface area contributed by atoms with Crippen LogP contribution in [0.15, 0.2) is 41.0 Å². The van der Waals surface area contributed by atoms with Gasteiger partial charge in [-0.2, -0.15) is 0 Å². The van der Waals surface area contributed by atoms with Gasteiger partial charge in [0.05, 0.1) is 37.3 Å². The predicted octanol–water partition coefficient (Wildman–Crippen LogP) is 0.469. The molecule has 1 aromatic heterocycles. The highest BCUT2D eigenvalue weighted by Crippen LogP contribution is 2.29. The van der Waals surface area contributed by atoms with E-state index in [0.717, 1.165) is 6.26 Å². The predicted molar refractivity (Wildman–Crippen MR) is 115 cm³/mol. The molecule has 0 saturated heterocycles. The van der Waals surface area contributed by atoms with E-state index < -0.39 is 17.1 Å². The molecule has 0 unspecified atom stereocenters. The molecular formula is C20H21BN2O7S. The molecule has 9 nitrogen and oxygen atoms in total. The molecule has 11 heteroatoms. The number of sulfonamides is 1. The molecule has 0 bridgehead atoms. The second-order valence-corrected chi connectivity index (χ2v) is 9.23. The Morgan fingerprint density at radius 1 is 1.29 bits per heavy atom. The van der Waals surface area contributed by atoms with E-state index in [1.807, 2.05) is 0 Å². The minimum Gasteiger partial charge on any atom is -0.463 e. The summed E-state index contributed by atoms with van der Waals surface area (Å²) in [5, 5.41) is 22.8. The number of carbonyl (C=O) groups excluding carboxylic acids is 1. The van der Waals surface area contributed by atoms with E-state index in [1.54, 1.807) is 30.3 Å². The number of nitrogens with one attached hydrogen (secondary N) is 1. The molecule has 1 aliphatic rings. The molecule has 2 heterocycles. The number of benzene rings is 2. The van der Waals surface area contributed by atoms with Gasteiger partial charge in [-0.3, -0.25) is 9.10 Å². The maximum atomic E-state index is 12.6. The SMILES string of the molecule is CNC(=O)c1coc2cc(N(Cc3cc(CO)c4c(c3)COB4O)S(C)(=O)=O)ccc12. The molecular weight excluding hydrogens is 423 g/mol. The lowest BCUT2D eigenvalue weighted by Crippen LogP contribution is -2.33. The lowest BCUT2D eigenvalue weighted by Gasteiger charge is -2.23. The molecule has 31 heavy (non-hydrogen) atoms. The maximum Gasteiger partial charge on any atom is 0.492 e. The van der Waals surface area contributed by atoms with Crippen molar-refractivity contribution in [1.29, 1.82) is 0 Å².